The van der Waals surface area contributed by atoms with Gasteiger partial charge in [-0.3, -0.25) is 24.6 Å². The van der Waals surface area contributed by atoms with Crippen molar-refractivity contribution in [3.05, 3.63) is 74.8 Å². The number of fused-ring (bicyclic) bond motifs is 1. The van der Waals surface area contributed by atoms with Crippen molar-refractivity contribution in [2.45, 2.75) is 6.54 Å². The third kappa shape index (κ3) is 2.42. The molecule has 1 aliphatic heterocycles. The molecule has 0 atom stereocenters. The molecule has 7 nitrogen and oxygen atoms in total. The average Bonchev–Trinajstić information content (AvgIpc) is 2.80. The summed E-state index contributed by atoms with van der Waals surface area (Å²) in [4.78, 5) is 35.9. The summed E-state index contributed by atoms with van der Waals surface area (Å²) in [5.74, 6) is -1.04. The molecule has 2 aromatic carbocycles. The van der Waals surface area contributed by atoms with Crippen LogP contribution in [0.1, 0.15) is 31.8 Å². The van der Waals surface area contributed by atoms with Crippen molar-refractivity contribution in [1.82, 2.24) is 4.90 Å². The molecule has 0 unspecified atom stereocenters. The predicted molar refractivity (Wildman–Crippen MR) is 78.5 cm³/mol. The third-order valence-electron chi connectivity index (χ3n) is 3.59. The number of amides is 2. The number of nitriles is 1. The van der Waals surface area contributed by atoms with Gasteiger partial charge in [-0.1, -0.05) is 12.1 Å². The number of benzene rings is 2. The van der Waals surface area contributed by atoms with Gasteiger partial charge in [-0.25, -0.2) is 0 Å². The highest BCUT2D eigenvalue weighted by atomic mass is 16.6. The van der Waals surface area contributed by atoms with Crippen molar-refractivity contribution in [3.8, 4) is 6.07 Å². The first-order valence-corrected chi connectivity index (χ1v) is 6.65. The van der Waals surface area contributed by atoms with Crippen molar-refractivity contribution < 1.29 is 14.5 Å². The van der Waals surface area contributed by atoms with Crippen molar-refractivity contribution >= 4 is 17.5 Å². The molecule has 23 heavy (non-hydrogen) atoms. The Morgan fingerprint density at radius 2 is 1.70 bits per heavy atom. The fraction of sp³-hybridized carbons (Fsp3) is 0.0625. The molecule has 0 aliphatic carbocycles. The minimum absolute atomic E-state index is 0.0397. The summed E-state index contributed by atoms with van der Waals surface area (Å²) in [7, 11) is 0. The number of carbonyl (C=O) groups excluding carboxylic acids is 2. The topological polar surface area (TPSA) is 104 Å². The molecule has 1 aliphatic rings. The van der Waals surface area contributed by atoms with Crippen LogP contribution in [0.2, 0.25) is 0 Å². The molecule has 112 valence electrons. The lowest BCUT2D eigenvalue weighted by atomic mass is 10.1. The monoisotopic (exact) mass is 307 g/mol. The second-order valence-corrected chi connectivity index (χ2v) is 4.99. The second kappa shape index (κ2) is 5.35. The Bertz CT molecular complexity index is 881. The number of nitro groups is 1. The van der Waals surface area contributed by atoms with E-state index in [0.717, 1.165) is 11.0 Å². The summed E-state index contributed by atoms with van der Waals surface area (Å²) in [6.45, 7) is 0.0475. The van der Waals surface area contributed by atoms with Crippen molar-refractivity contribution in [1.29, 1.82) is 5.26 Å². The van der Waals surface area contributed by atoms with Crippen molar-refractivity contribution in [2.75, 3.05) is 0 Å². The van der Waals surface area contributed by atoms with E-state index in [1.165, 1.54) is 12.1 Å². The van der Waals surface area contributed by atoms with Crippen LogP contribution in [-0.2, 0) is 6.54 Å². The van der Waals surface area contributed by atoms with Gasteiger partial charge in [-0.15, -0.1) is 0 Å². The molecule has 0 N–H and O–H groups in total. The van der Waals surface area contributed by atoms with E-state index in [1.807, 2.05) is 6.07 Å². The van der Waals surface area contributed by atoms with Gasteiger partial charge < -0.3 is 0 Å². The van der Waals surface area contributed by atoms with E-state index < -0.39 is 16.7 Å². The first-order chi connectivity index (χ1) is 11.0. The van der Waals surface area contributed by atoms with Gasteiger partial charge in [0.2, 0.25) is 0 Å². The predicted octanol–water partition coefficient (Wildman–Crippen LogP) is 2.26. The molecule has 2 aromatic rings. The van der Waals surface area contributed by atoms with Gasteiger partial charge in [0.15, 0.2) is 0 Å². The SMILES string of the molecule is N#Cc1ccc(CN2C(=O)c3ccc([N+](=O)[O-])cc3C2=O)cc1. The van der Waals surface area contributed by atoms with E-state index in [4.69, 9.17) is 5.26 Å². The van der Waals surface area contributed by atoms with E-state index in [9.17, 15) is 19.7 Å². The van der Waals surface area contributed by atoms with Gasteiger partial charge in [0, 0.05) is 12.1 Å². The molecule has 0 bridgehead atoms. The molecule has 0 aromatic heterocycles. The fourth-order valence-electron chi connectivity index (χ4n) is 2.40. The van der Waals surface area contributed by atoms with Crippen LogP contribution in [0.15, 0.2) is 42.5 Å². The van der Waals surface area contributed by atoms with Gasteiger partial charge in [0.05, 0.1) is 34.2 Å². The van der Waals surface area contributed by atoms with Crippen LogP contribution in [0.5, 0.6) is 0 Å². The summed E-state index contributed by atoms with van der Waals surface area (Å²) >= 11 is 0. The standard InChI is InChI=1S/C16H9N3O4/c17-8-10-1-3-11(4-2-10)9-18-15(20)13-6-5-12(19(22)23)7-14(13)16(18)21/h1-7H,9H2. The summed E-state index contributed by atoms with van der Waals surface area (Å²) in [6.07, 6.45) is 0. The van der Waals surface area contributed by atoms with Crippen LogP contribution < -0.4 is 0 Å². The van der Waals surface area contributed by atoms with Gasteiger partial charge in [0.25, 0.3) is 17.5 Å². The third-order valence-corrected chi connectivity index (χ3v) is 3.59. The van der Waals surface area contributed by atoms with E-state index in [2.05, 4.69) is 0 Å². The van der Waals surface area contributed by atoms with Crippen LogP contribution in [0.3, 0.4) is 0 Å². The molecule has 0 radical (unpaired) electrons. The minimum Gasteiger partial charge on any atom is -0.270 e. The second-order valence-electron chi connectivity index (χ2n) is 4.99. The summed E-state index contributed by atoms with van der Waals surface area (Å²) < 4.78 is 0. The van der Waals surface area contributed by atoms with Crippen molar-refractivity contribution in [3.63, 3.8) is 0 Å². The lowest BCUT2D eigenvalue weighted by Crippen LogP contribution is -2.29. The Morgan fingerprint density at radius 1 is 1.04 bits per heavy atom. The highest BCUT2D eigenvalue weighted by Crippen LogP contribution is 2.27. The van der Waals surface area contributed by atoms with E-state index in [1.54, 1.807) is 24.3 Å². The van der Waals surface area contributed by atoms with Crippen LogP contribution in [0.25, 0.3) is 0 Å². The average molecular weight is 307 g/mol. The molecule has 0 fully saturated rings. The maximum absolute atomic E-state index is 12.3. The first-order valence-electron chi connectivity index (χ1n) is 6.65. The highest BCUT2D eigenvalue weighted by molar-refractivity contribution is 6.21. The minimum atomic E-state index is -0.610. The summed E-state index contributed by atoms with van der Waals surface area (Å²) in [5.41, 5.74) is 1.14. The molecular weight excluding hydrogens is 298 g/mol. The van der Waals surface area contributed by atoms with E-state index >= 15 is 0 Å². The van der Waals surface area contributed by atoms with Gasteiger partial charge >= 0.3 is 0 Å². The molecule has 2 amide bonds. The Labute approximate surface area is 130 Å². The van der Waals surface area contributed by atoms with Crippen LogP contribution in [0.4, 0.5) is 5.69 Å². The van der Waals surface area contributed by atoms with Crippen molar-refractivity contribution in [2.24, 2.45) is 0 Å². The molecule has 0 spiro atoms. The number of imide groups is 1. The Balaban J connectivity index is 1.90. The molecular formula is C16H9N3O4. The Hall–Kier alpha value is -3.53. The molecule has 0 saturated carbocycles. The molecule has 3 rings (SSSR count). The Kier molecular flexibility index (Phi) is 3.35. The van der Waals surface area contributed by atoms with Crippen LogP contribution in [-0.4, -0.2) is 21.6 Å². The zero-order chi connectivity index (χ0) is 16.6. The maximum Gasteiger partial charge on any atom is 0.270 e. The number of rotatable bonds is 3. The number of hydrogen-bond acceptors (Lipinski definition) is 5. The highest BCUT2D eigenvalue weighted by Gasteiger charge is 2.36. The maximum atomic E-state index is 12.3. The van der Waals surface area contributed by atoms with E-state index in [0.29, 0.717) is 11.1 Å². The number of nitrogens with zero attached hydrogens (tertiary/aromatic N) is 3. The van der Waals surface area contributed by atoms with Gasteiger partial charge in [-0.2, -0.15) is 5.26 Å². The van der Waals surface area contributed by atoms with Crippen LogP contribution >= 0.6 is 0 Å². The Morgan fingerprint density at radius 3 is 2.30 bits per heavy atom. The normalized spacial score (nSPS) is 12.9. The smallest absolute Gasteiger partial charge is 0.270 e. The molecule has 7 heteroatoms. The number of nitro benzene ring substituents is 1. The summed E-state index contributed by atoms with van der Waals surface area (Å²) in [5, 5.41) is 19.6. The fourth-order valence-corrected chi connectivity index (χ4v) is 2.40. The lowest BCUT2D eigenvalue weighted by molar-refractivity contribution is -0.384. The first kappa shape index (κ1) is 14.4. The number of non-ortho nitro benzene ring substituents is 1. The molecule has 0 saturated heterocycles. The largest absolute Gasteiger partial charge is 0.270 e. The summed E-state index contributed by atoms with van der Waals surface area (Å²) in [6, 6.07) is 12.1. The zero-order valence-electron chi connectivity index (χ0n) is 11.7. The molecule has 1 heterocycles. The van der Waals surface area contributed by atoms with E-state index in [-0.39, 0.29) is 23.4 Å². The number of hydrogen-bond donors (Lipinski definition) is 0. The lowest BCUT2D eigenvalue weighted by Gasteiger charge is -2.13. The quantitative estimate of drug-likeness (QED) is 0.491. The number of carbonyl (C=O) groups is 2. The van der Waals surface area contributed by atoms with Gasteiger partial charge in [0.1, 0.15) is 0 Å². The van der Waals surface area contributed by atoms with Crippen LogP contribution in [0, 0.1) is 21.4 Å². The van der Waals surface area contributed by atoms with Gasteiger partial charge in [-0.05, 0) is 23.8 Å². The zero-order valence-corrected chi connectivity index (χ0v) is 11.7.